The van der Waals surface area contributed by atoms with Crippen LogP contribution in [0.4, 0.5) is 0 Å². The second kappa shape index (κ2) is 7.54. The summed E-state index contributed by atoms with van der Waals surface area (Å²) in [4.78, 5) is 11.8. The quantitative estimate of drug-likeness (QED) is 0.682. The number of hydrogen-bond acceptors (Lipinski definition) is 3. The van der Waals surface area contributed by atoms with E-state index in [4.69, 9.17) is 0 Å². The highest BCUT2D eigenvalue weighted by atomic mass is 16.1. The Bertz CT molecular complexity index is 767. The van der Waals surface area contributed by atoms with Gasteiger partial charge in [0.15, 0.2) is 5.65 Å². The van der Waals surface area contributed by atoms with Gasteiger partial charge in [-0.25, -0.2) is 0 Å². The minimum Gasteiger partial charge on any atom is -0.356 e. The molecule has 3 aromatic rings. The molecule has 0 saturated carbocycles. The van der Waals surface area contributed by atoms with E-state index in [9.17, 15) is 4.79 Å². The number of nitrogens with zero attached hydrogens (tertiary/aromatic N) is 3. The molecule has 3 rings (SSSR count). The lowest BCUT2D eigenvalue weighted by molar-refractivity contribution is -0.121. The fraction of sp³-hybridized carbons (Fsp3) is 0.278. The molecule has 5 heteroatoms. The monoisotopic (exact) mass is 308 g/mol. The molecular formula is C18H20N4O. The van der Waals surface area contributed by atoms with Gasteiger partial charge >= 0.3 is 0 Å². The lowest BCUT2D eigenvalue weighted by atomic mass is 10.1. The molecule has 0 saturated heterocycles. The van der Waals surface area contributed by atoms with Gasteiger partial charge in [0.1, 0.15) is 5.82 Å². The summed E-state index contributed by atoms with van der Waals surface area (Å²) >= 11 is 0. The molecule has 1 N–H and O–H groups in total. The van der Waals surface area contributed by atoms with E-state index < -0.39 is 0 Å². The Morgan fingerprint density at radius 1 is 1.00 bits per heavy atom. The number of aromatic nitrogens is 3. The normalized spacial score (nSPS) is 10.8. The van der Waals surface area contributed by atoms with Crippen LogP contribution in [-0.4, -0.2) is 27.0 Å². The third kappa shape index (κ3) is 4.16. The van der Waals surface area contributed by atoms with E-state index in [1.807, 2.05) is 59.1 Å². The summed E-state index contributed by atoms with van der Waals surface area (Å²) in [6.07, 6.45) is 4.92. The molecule has 1 aromatic carbocycles. The Kier molecular flexibility index (Phi) is 4.99. The number of fused-ring (bicyclic) bond motifs is 1. The molecule has 23 heavy (non-hydrogen) atoms. The predicted molar refractivity (Wildman–Crippen MR) is 89.1 cm³/mol. The van der Waals surface area contributed by atoms with Crippen LogP contribution in [0.2, 0.25) is 0 Å². The maximum Gasteiger partial charge on any atom is 0.220 e. The van der Waals surface area contributed by atoms with Crippen molar-refractivity contribution in [1.29, 1.82) is 0 Å². The van der Waals surface area contributed by atoms with Gasteiger partial charge in [-0.05, 0) is 30.5 Å². The lowest BCUT2D eigenvalue weighted by Gasteiger charge is -2.05. The molecule has 0 radical (unpaired) electrons. The topological polar surface area (TPSA) is 59.3 Å². The molecule has 0 aliphatic rings. The van der Waals surface area contributed by atoms with Crippen LogP contribution >= 0.6 is 0 Å². The molecule has 0 bridgehead atoms. The zero-order valence-electron chi connectivity index (χ0n) is 13.0. The standard InChI is InChI=1S/C18H20N4O/c23-18(12-11-15-7-2-1-3-8-15)19-13-6-10-17-21-20-16-9-4-5-14-22(16)17/h1-5,7-9,14H,6,10-13H2,(H,19,23). The number of benzene rings is 1. The van der Waals surface area contributed by atoms with Gasteiger partial charge in [-0.15, -0.1) is 10.2 Å². The van der Waals surface area contributed by atoms with Gasteiger partial charge in [-0.3, -0.25) is 9.20 Å². The van der Waals surface area contributed by atoms with Crippen LogP contribution in [-0.2, 0) is 17.6 Å². The Morgan fingerprint density at radius 3 is 2.70 bits per heavy atom. The molecule has 2 aromatic heterocycles. The fourth-order valence-corrected chi connectivity index (χ4v) is 2.53. The number of carbonyl (C=O) groups excluding carboxylic acids is 1. The maximum atomic E-state index is 11.8. The van der Waals surface area contributed by atoms with Gasteiger partial charge in [0, 0.05) is 25.6 Å². The second-order valence-electron chi connectivity index (χ2n) is 5.48. The van der Waals surface area contributed by atoms with E-state index in [2.05, 4.69) is 15.5 Å². The lowest BCUT2D eigenvalue weighted by Crippen LogP contribution is -2.25. The molecule has 118 valence electrons. The van der Waals surface area contributed by atoms with Gasteiger partial charge in [0.05, 0.1) is 0 Å². The van der Waals surface area contributed by atoms with Gasteiger partial charge in [-0.2, -0.15) is 0 Å². The fourth-order valence-electron chi connectivity index (χ4n) is 2.53. The zero-order chi connectivity index (χ0) is 15.9. The van der Waals surface area contributed by atoms with Crippen LogP contribution < -0.4 is 5.32 Å². The average molecular weight is 308 g/mol. The number of nitrogens with one attached hydrogen (secondary N) is 1. The number of pyridine rings is 1. The molecular weight excluding hydrogens is 288 g/mol. The van der Waals surface area contributed by atoms with Crippen molar-refractivity contribution in [2.24, 2.45) is 0 Å². The minimum absolute atomic E-state index is 0.0972. The van der Waals surface area contributed by atoms with E-state index in [0.717, 1.165) is 30.7 Å². The number of amides is 1. The van der Waals surface area contributed by atoms with Crippen molar-refractivity contribution < 1.29 is 4.79 Å². The van der Waals surface area contributed by atoms with Gasteiger partial charge in [0.25, 0.3) is 0 Å². The third-order valence-electron chi connectivity index (χ3n) is 3.77. The first-order chi connectivity index (χ1) is 11.3. The smallest absolute Gasteiger partial charge is 0.220 e. The summed E-state index contributed by atoms with van der Waals surface area (Å²) in [6.45, 7) is 0.662. The summed E-state index contributed by atoms with van der Waals surface area (Å²) < 4.78 is 1.98. The number of carbonyl (C=O) groups is 1. The van der Waals surface area contributed by atoms with Crippen molar-refractivity contribution in [3.8, 4) is 0 Å². The van der Waals surface area contributed by atoms with Crippen LogP contribution in [0.5, 0.6) is 0 Å². The van der Waals surface area contributed by atoms with Crippen LogP contribution in [0.15, 0.2) is 54.7 Å². The number of rotatable bonds is 7. The predicted octanol–water partition coefficient (Wildman–Crippen LogP) is 2.41. The summed E-state index contributed by atoms with van der Waals surface area (Å²) in [7, 11) is 0. The average Bonchev–Trinajstić information content (AvgIpc) is 3.01. The van der Waals surface area contributed by atoms with Gasteiger partial charge < -0.3 is 5.32 Å². The van der Waals surface area contributed by atoms with Crippen molar-refractivity contribution in [2.45, 2.75) is 25.7 Å². The molecule has 0 spiro atoms. The molecule has 0 aliphatic heterocycles. The van der Waals surface area contributed by atoms with E-state index >= 15 is 0 Å². The Balaban J connectivity index is 1.39. The van der Waals surface area contributed by atoms with Crippen molar-refractivity contribution in [2.75, 3.05) is 6.54 Å². The summed E-state index contributed by atoms with van der Waals surface area (Å²) in [5.74, 6) is 1.03. The zero-order valence-corrected chi connectivity index (χ0v) is 13.0. The number of hydrogen-bond donors (Lipinski definition) is 1. The first-order valence-corrected chi connectivity index (χ1v) is 7.92. The first kappa shape index (κ1) is 15.2. The van der Waals surface area contributed by atoms with Crippen molar-refractivity contribution >= 4 is 11.6 Å². The van der Waals surface area contributed by atoms with Crippen LogP contribution in [0.3, 0.4) is 0 Å². The molecule has 0 fully saturated rings. The minimum atomic E-state index is 0.0972. The van der Waals surface area contributed by atoms with Crippen molar-refractivity contribution in [3.63, 3.8) is 0 Å². The summed E-state index contributed by atoms with van der Waals surface area (Å²) in [5.41, 5.74) is 2.05. The van der Waals surface area contributed by atoms with Crippen LogP contribution in [0.25, 0.3) is 5.65 Å². The number of aryl methyl sites for hydroxylation is 2. The Hall–Kier alpha value is -2.69. The molecule has 5 nitrogen and oxygen atoms in total. The largest absolute Gasteiger partial charge is 0.356 e. The molecule has 0 unspecified atom stereocenters. The highest BCUT2D eigenvalue weighted by Gasteiger charge is 2.05. The van der Waals surface area contributed by atoms with Gasteiger partial charge in [-0.1, -0.05) is 36.4 Å². The first-order valence-electron chi connectivity index (χ1n) is 7.92. The van der Waals surface area contributed by atoms with E-state index in [1.165, 1.54) is 5.56 Å². The van der Waals surface area contributed by atoms with E-state index in [0.29, 0.717) is 13.0 Å². The second-order valence-corrected chi connectivity index (χ2v) is 5.48. The van der Waals surface area contributed by atoms with Crippen molar-refractivity contribution in [1.82, 2.24) is 19.9 Å². The highest BCUT2D eigenvalue weighted by Crippen LogP contribution is 2.05. The summed E-state index contributed by atoms with van der Waals surface area (Å²) in [6, 6.07) is 15.9. The maximum absolute atomic E-state index is 11.8. The van der Waals surface area contributed by atoms with E-state index in [1.54, 1.807) is 0 Å². The molecule has 0 aliphatic carbocycles. The Morgan fingerprint density at radius 2 is 1.83 bits per heavy atom. The third-order valence-corrected chi connectivity index (χ3v) is 3.77. The van der Waals surface area contributed by atoms with Crippen molar-refractivity contribution in [3.05, 3.63) is 66.1 Å². The van der Waals surface area contributed by atoms with E-state index in [-0.39, 0.29) is 5.91 Å². The van der Waals surface area contributed by atoms with Crippen LogP contribution in [0.1, 0.15) is 24.2 Å². The van der Waals surface area contributed by atoms with Crippen LogP contribution in [0, 0.1) is 0 Å². The molecule has 1 amide bonds. The highest BCUT2D eigenvalue weighted by molar-refractivity contribution is 5.76. The Labute approximate surface area is 135 Å². The SMILES string of the molecule is O=C(CCc1ccccc1)NCCCc1nnc2ccccn12. The summed E-state index contributed by atoms with van der Waals surface area (Å²) in [5, 5.41) is 11.3. The molecule has 2 heterocycles. The van der Waals surface area contributed by atoms with Gasteiger partial charge in [0.2, 0.25) is 5.91 Å². The molecule has 0 atom stereocenters.